The molecule has 2 fully saturated rings. The van der Waals surface area contributed by atoms with Crippen LogP contribution in [0.25, 0.3) is 0 Å². The van der Waals surface area contributed by atoms with E-state index in [4.69, 9.17) is 10.5 Å². The van der Waals surface area contributed by atoms with Gasteiger partial charge in [-0.05, 0) is 57.8 Å². The molecule has 1 heterocycles. The largest absolute Gasteiger partial charge is 0.459 e. The molecule has 3 atom stereocenters. The van der Waals surface area contributed by atoms with Gasteiger partial charge in [0.1, 0.15) is 24.2 Å². The smallest absolute Gasteiger partial charge is 0.325 e. The molecule has 1 saturated carbocycles. The lowest BCUT2D eigenvalue weighted by atomic mass is 9.80. The number of hydrogen-bond acceptors (Lipinski definition) is 7. The van der Waals surface area contributed by atoms with E-state index in [1.165, 1.54) is 4.90 Å². The number of carbonyl (C=O) groups excluding carboxylic acids is 6. The number of hydrogen-bond donors (Lipinski definition) is 4. The maximum Gasteiger partial charge on any atom is 0.325 e. The highest BCUT2D eigenvalue weighted by Gasteiger charge is 2.40. The van der Waals surface area contributed by atoms with Crippen molar-refractivity contribution in [1.82, 2.24) is 20.9 Å². The second-order valence-electron chi connectivity index (χ2n) is 12.9. The minimum atomic E-state index is -1.11. The Hall–Kier alpha value is -3.18. The van der Waals surface area contributed by atoms with Crippen molar-refractivity contribution in [2.75, 3.05) is 13.1 Å². The van der Waals surface area contributed by atoms with E-state index in [0.29, 0.717) is 25.8 Å². The maximum absolute atomic E-state index is 13.4. The zero-order valence-corrected chi connectivity index (χ0v) is 26.0. The molecule has 0 radical (unpaired) electrons. The van der Waals surface area contributed by atoms with E-state index < -0.39 is 59.2 Å². The first-order valence-corrected chi connectivity index (χ1v) is 14.6. The number of ether oxygens (including phenoxy) is 1. The Balaban J connectivity index is 0.00000196. The van der Waals surface area contributed by atoms with E-state index in [2.05, 4.69) is 36.7 Å². The van der Waals surface area contributed by atoms with Gasteiger partial charge in [0, 0.05) is 6.54 Å². The molecule has 12 nitrogen and oxygen atoms in total. The van der Waals surface area contributed by atoms with Crippen molar-refractivity contribution in [3.63, 3.8) is 0 Å². The number of ketones is 1. The summed E-state index contributed by atoms with van der Waals surface area (Å²) in [7, 11) is 0. The number of Topliss-reactive ketones (excluding diaryl/α,β-unsaturated/α-hetero) is 1. The van der Waals surface area contributed by atoms with Crippen molar-refractivity contribution < 1.29 is 33.5 Å². The third-order valence-corrected chi connectivity index (χ3v) is 6.54. The topological polar surface area (TPSA) is 177 Å². The van der Waals surface area contributed by atoms with Crippen LogP contribution >= 0.6 is 0 Å². The van der Waals surface area contributed by atoms with E-state index in [1.54, 1.807) is 34.6 Å². The average molecular weight is 582 g/mol. The van der Waals surface area contributed by atoms with Crippen molar-refractivity contribution in [1.29, 1.82) is 0 Å². The van der Waals surface area contributed by atoms with Crippen LogP contribution in [-0.2, 0) is 28.7 Å². The molecule has 1 aliphatic heterocycles. The van der Waals surface area contributed by atoms with Crippen LogP contribution in [0.2, 0.25) is 0 Å². The van der Waals surface area contributed by atoms with Crippen molar-refractivity contribution in [2.24, 2.45) is 23.5 Å². The molecule has 0 spiro atoms. The molecular weight excluding hydrogens is 530 g/mol. The number of urea groups is 1. The highest BCUT2D eigenvalue weighted by Crippen LogP contribution is 2.31. The standard InChI is InChI=1S/C25H41N5O7.C4H10/c1-14(2)19(29-24(36)27-13-18(31)37-25(3,4)5)23(35)30-11-7-10-17(30)22(34)28-16(20(32)21(26)33)12-15-8-6-9-15;1-4(2)3/h14-17,19H,6-13H2,1-5H3,(H2,26,33)(H,28,34)(H2,27,29,36);4H,1-3H3. The minimum Gasteiger partial charge on any atom is -0.459 e. The summed E-state index contributed by atoms with van der Waals surface area (Å²) in [6.45, 7) is 15.1. The summed E-state index contributed by atoms with van der Waals surface area (Å²) >= 11 is 0. The molecule has 1 saturated heterocycles. The average Bonchev–Trinajstić information content (AvgIpc) is 3.30. The van der Waals surface area contributed by atoms with Crippen LogP contribution in [0.1, 0.15) is 93.9 Å². The fourth-order valence-corrected chi connectivity index (χ4v) is 4.45. The van der Waals surface area contributed by atoms with E-state index in [0.717, 1.165) is 25.2 Å². The number of nitrogens with two attached hydrogens (primary N) is 1. The highest BCUT2D eigenvalue weighted by atomic mass is 16.6. The van der Waals surface area contributed by atoms with Gasteiger partial charge < -0.3 is 31.3 Å². The molecule has 3 unspecified atom stereocenters. The normalized spacial score (nSPS) is 18.4. The molecule has 12 heteroatoms. The van der Waals surface area contributed by atoms with Gasteiger partial charge in [0.05, 0.1) is 6.04 Å². The van der Waals surface area contributed by atoms with Gasteiger partial charge in [-0.25, -0.2) is 4.79 Å². The molecule has 5 amide bonds. The van der Waals surface area contributed by atoms with Crippen LogP contribution in [0, 0.1) is 17.8 Å². The lowest BCUT2D eigenvalue weighted by Crippen LogP contribution is -2.58. The third-order valence-electron chi connectivity index (χ3n) is 6.54. The number of carbonyl (C=O) groups is 6. The van der Waals surface area contributed by atoms with E-state index in [9.17, 15) is 28.8 Å². The lowest BCUT2D eigenvalue weighted by Gasteiger charge is -2.32. The summed E-state index contributed by atoms with van der Waals surface area (Å²) in [5.74, 6) is -2.78. The van der Waals surface area contributed by atoms with Crippen molar-refractivity contribution >= 4 is 35.5 Å². The monoisotopic (exact) mass is 581 g/mol. The maximum atomic E-state index is 13.4. The van der Waals surface area contributed by atoms with Crippen molar-refractivity contribution in [3.8, 4) is 0 Å². The SMILES string of the molecule is CC(C)C.CC(C)C(NC(=O)NCC(=O)OC(C)(C)C)C(=O)N1CCCC1C(=O)NC(CC1CCC1)C(=O)C(N)=O. The van der Waals surface area contributed by atoms with Gasteiger partial charge in [-0.3, -0.25) is 24.0 Å². The van der Waals surface area contributed by atoms with Crippen LogP contribution in [0.15, 0.2) is 0 Å². The molecule has 234 valence electrons. The summed E-state index contributed by atoms with van der Waals surface area (Å²) < 4.78 is 5.15. The van der Waals surface area contributed by atoms with Crippen LogP contribution in [0.4, 0.5) is 4.79 Å². The fraction of sp³-hybridized carbons (Fsp3) is 0.793. The molecule has 0 aromatic rings. The Morgan fingerprint density at radius 2 is 1.51 bits per heavy atom. The Labute approximate surface area is 244 Å². The third kappa shape index (κ3) is 12.9. The van der Waals surface area contributed by atoms with Gasteiger partial charge in [0.25, 0.3) is 5.91 Å². The van der Waals surface area contributed by atoms with E-state index >= 15 is 0 Å². The Kier molecular flexibility index (Phi) is 14.3. The quantitative estimate of drug-likeness (QED) is 0.213. The molecule has 0 aromatic heterocycles. The first-order valence-electron chi connectivity index (χ1n) is 14.6. The first-order chi connectivity index (χ1) is 18.9. The second-order valence-corrected chi connectivity index (χ2v) is 12.9. The van der Waals surface area contributed by atoms with Crippen LogP contribution in [0.5, 0.6) is 0 Å². The number of primary amides is 1. The van der Waals surface area contributed by atoms with Gasteiger partial charge in [0.2, 0.25) is 17.6 Å². The molecule has 0 bridgehead atoms. The van der Waals surface area contributed by atoms with Gasteiger partial charge in [0.15, 0.2) is 0 Å². The molecule has 5 N–H and O–H groups in total. The highest BCUT2D eigenvalue weighted by molar-refractivity contribution is 6.37. The summed E-state index contributed by atoms with van der Waals surface area (Å²) in [6.07, 6.45) is 4.16. The zero-order chi connectivity index (χ0) is 31.5. The van der Waals surface area contributed by atoms with Crippen LogP contribution < -0.4 is 21.7 Å². The predicted octanol–water partition coefficient (Wildman–Crippen LogP) is 2.03. The van der Waals surface area contributed by atoms with Gasteiger partial charge >= 0.3 is 12.0 Å². The number of rotatable bonds is 11. The summed E-state index contributed by atoms with van der Waals surface area (Å²) in [5.41, 5.74) is 4.49. The van der Waals surface area contributed by atoms with Gasteiger partial charge in [-0.2, -0.15) is 0 Å². The Morgan fingerprint density at radius 3 is 1.98 bits per heavy atom. The van der Waals surface area contributed by atoms with Crippen LogP contribution in [-0.4, -0.2) is 77.2 Å². The molecular formula is C29H51N5O7. The summed E-state index contributed by atoms with van der Waals surface area (Å²) in [4.78, 5) is 76.1. The number of nitrogens with one attached hydrogen (secondary N) is 3. The molecule has 41 heavy (non-hydrogen) atoms. The summed E-state index contributed by atoms with van der Waals surface area (Å²) in [5, 5.41) is 7.63. The van der Waals surface area contributed by atoms with Crippen LogP contribution in [0.3, 0.4) is 0 Å². The van der Waals surface area contributed by atoms with E-state index in [1.807, 2.05) is 0 Å². The molecule has 1 aliphatic carbocycles. The van der Waals surface area contributed by atoms with E-state index in [-0.39, 0.29) is 18.4 Å². The molecule has 0 aromatic carbocycles. The lowest BCUT2D eigenvalue weighted by molar-refractivity contribution is -0.153. The number of amides is 5. The number of likely N-dealkylation sites (tertiary alicyclic amines) is 1. The fourth-order valence-electron chi connectivity index (χ4n) is 4.45. The Bertz CT molecular complexity index is 938. The minimum absolute atomic E-state index is 0.239. The van der Waals surface area contributed by atoms with Crippen molar-refractivity contribution in [2.45, 2.75) is 118 Å². The van der Waals surface area contributed by atoms with Crippen molar-refractivity contribution in [3.05, 3.63) is 0 Å². The zero-order valence-electron chi connectivity index (χ0n) is 26.0. The number of esters is 1. The predicted molar refractivity (Wildman–Crippen MR) is 154 cm³/mol. The van der Waals surface area contributed by atoms with Gasteiger partial charge in [-0.15, -0.1) is 0 Å². The molecule has 2 aliphatic rings. The summed E-state index contributed by atoms with van der Waals surface area (Å²) in [6, 6.07) is -3.54. The Morgan fingerprint density at radius 1 is 0.927 bits per heavy atom. The molecule has 2 rings (SSSR count). The first kappa shape index (κ1) is 35.8. The number of nitrogens with zero attached hydrogens (tertiary/aromatic N) is 1. The van der Waals surface area contributed by atoms with Gasteiger partial charge in [-0.1, -0.05) is 53.9 Å². The second kappa shape index (κ2) is 16.3.